The van der Waals surface area contributed by atoms with Crippen LogP contribution in [0.5, 0.6) is 5.75 Å². The van der Waals surface area contributed by atoms with Gasteiger partial charge in [0.25, 0.3) is 0 Å². The highest BCUT2D eigenvalue weighted by Crippen LogP contribution is 2.28. The lowest BCUT2D eigenvalue weighted by Crippen LogP contribution is -2.07. The Balaban J connectivity index is 1.50. The number of nitrogens with zero attached hydrogens (tertiary/aromatic N) is 3. The molecule has 0 fully saturated rings. The summed E-state index contributed by atoms with van der Waals surface area (Å²) in [4.78, 5) is 12.0. The smallest absolute Gasteiger partial charge is 0.250 e. The van der Waals surface area contributed by atoms with Crippen LogP contribution in [0.1, 0.15) is 16.7 Å². The molecule has 0 aliphatic heterocycles. The van der Waals surface area contributed by atoms with Gasteiger partial charge in [-0.15, -0.1) is 10.2 Å². The van der Waals surface area contributed by atoms with Crippen molar-refractivity contribution in [3.63, 3.8) is 0 Å². The molecule has 0 saturated carbocycles. The zero-order chi connectivity index (χ0) is 19.8. The van der Waals surface area contributed by atoms with Crippen LogP contribution in [-0.2, 0) is 10.5 Å². The molecule has 0 unspecified atom stereocenters. The second-order valence-electron chi connectivity index (χ2n) is 5.57. The number of thioether (sulfide) groups is 1. The molecule has 0 aliphatic carbocycles. The fourth-order valence-electron chi connectivity index (χ4n) is 2.17. The fourth-order valence-corrected chi connectivity index (χ4v) is 3.88. The second kappa shape index (κ2) is 9.69. The molecule has 0 bridgehead atoms. The van der Waals surface area contributed by atoms with Crippen molar-refractivity contribution in [2.24, 2.45) is 0 Å². The Morgan fingerprint density at radius 2 is 1.96 bits per heavy atom. The van der Waals surface area contributed by atoms with Gasteiger partial charge in [0, 0.05) is 11.8 Å². The summed E-state index contributed by atoms with van der Waals surface area (Å²) in [5.41, 5.74) is 2.62. The molecule has 2 aromatic carbocycles. The molecule has 1 aromatic heterocycles. The van der Waals surface area contributed by atoms with Crippen molar-refractivity contribution >= 4 is 40.2 Å². The monoisotopic (exact) mass is 408 g/mol. The molecule has 28 heavy (non-hydrogen) atoms. The van der Waals surface area contributed by atoms with Crippen LogP contribution in [0, 0.1) is 11.3 Å². The standard InChI is InChI=1S/C20H16N4O2S2/c1-26-17-9-6-14(7-10-17)8-11-18(25)22-19-23-24-20(28-19)27-13-16-4-2-15(12-21)3-5-16/h2-11H,13H2,1H3,(H,22,23,25). The first kappa shape index (κ1) is 19.6. The molecule has 0 spiro atoms. The van der Waals surface area contributed by atoms with Crippen molar-refractivity contribution < 1.29 is 9.53 Å². The molecular formula is C20H16N4O2S2. The van der Waals surface area contributed by atoms with Crippen LogP contribution in [0.4, 0.5) is 5.13 Å². The first-order valence-corrected chi connectivity index (χ1v) is 10.0. The third-order valence-electron chi connectivity index (χ3n) is 3.62. The summed E-state index contributed by atoms with van der Waals surface area (Å²) in [6.07, 6.45) is 3.17. The van der Waals surface area contributed by atoms with Gasteiger partial charge >= 0.3 is 0 Å². The van der Waals surface area contributed by atoms with Gasteiger partial charge in [0.1, 0.15) is 5.75 Å². The third-order valence-corrected chi connectivity index (χ3v) is 5.67. The van der Waals surface area contributed by atoms with E-state index >= 15 is 0 Å². The highest BCUT2D eigenvalue weighted by atomic mass is 32.2. The number of ether oxygens (including phenoxy) is 1. The summed E-state index contributed by atoms with van der Waals surface area (Å²) >= 11 is 2.85. The van der Waals surface area contributed by atoms with Crippen LogP contribution in [0.25, 0.3) is 6.08 Å². The van der Waals surface area contributed by atoms with Gasteiger partial charge in [0.2, 0.25) is 11.0 Å². The number of nitriles is 1. The molecule has 3 rings (SSSR count). The van der Waals surface area contributed by atoms with Gasteiger partial charge < -0.3 is 4.74 Å². The van der Waals surface area contributed by atoms with Crippen molar-refractivity contribution in [3.8, 4) is 11.8 Å². The summed E-state index contributed by atoms with van der Waals surface area (Å²) in [7, 11) is 1.61. The Morgan fingerprint density at radius 3 is 2.64 bits per heavy atom. The topological polar surface area (TPSA) is 87.9 Å². The number of aromatic nitrogens is 2. The van der Waals surface area contributed by atoms with E-state index in [0.717, 1.165) is 21.2 Å². The van der Waals surface area contributed by atoms with E-state index in [1.54, 1.807) is 25.3 Å². The maximum atomic E-state index is 12.0. The van der Waals surface area contributed by atoms with E-state index in [4.69, 9.17) is 10.00 Å². The minimum Gasteiger partial charge on any atom is -0.497 e. The van der Waals surface area contributed by atoms with Gasteiger partial charge in [-0.1, -0.05) is 47.4 Å². The predicted octanol–water partition coefficient (Wildman–Crippen LogP) is 4.36. The minimum absolute atomic E-state index is 0.268. The highest BCUT2D eigenvalue weighted by Gasteiger charge is 2.07. The minimum atomic E-state index is -0.268. The number of anilines is 1. The van der Waals surface area contributed by atoms with Gasteiger partial charge in [-0.25, -0.2) is 0 Å². The molecule has 8 heteroatoms. The zero-order valence-corrected chi connectivity index (χ0v) is 16.6. The third kappa shape index (κ3) is 5.67. The highest BCUT2D eigenvalue weighted by molar-refractivity contribution is 8.00. The molecule has 0 atom stereocenters. The molecule has 3 aromatic rings. The molecular weight excluding hydrogens is 392 g/mol. The number of hydrogen-bond donors (Lipinski definition) is 1. The van der Waals surface area contributed by atoms with Crippen LogP contribution in [0.2, 0.25) is 0 Å². The molecule has 1 amide bonds. The molecule has 140 valence electrons. The van der Waals surface area contributed by atoms with E-state index in [2.05, 4.69) is 21.6 Å². The maximum Gasteiger partial charge on any atom is 0.250 e. The number of rotatable bonds is 7. The van der Waals surface area contributed by atoms with E-state index < -0.39 is 0 Å². The second-order valence-corrected chi connectivity index (χ2v) is 7.77. The predicted molar refractivity (Wildman–Crippen MR) is 111 cm³/mol. The summed E-state index contributed by atoms with van der Waals surface area (Å²) in [5.74, 6) is 1.21. The largest absolute Gasteiger partial charge is 0.497 e. The lowest BCUT2D eigenvalue weighted by Gasteiger charge is -1.99. The lowest BCUT2D eigenvalue weighted by atomic mass is 10.2. The van der Waals surface area contributed by atoms with E-state index in [0.29, 0.717) is 16.4 Å². The van der Waals surface area contributed by atoms with Crippen molar-refractivity contribution in [1.82, 2.24) is 10.2 Å². The van der Waals surface area contributed by atoms with Crippen LogP contribution < -0.4 is 10.1 Å². The SMILES string of the molecule is COc1ccc(C=CC(=O)Nc2nnc(SCc3ccc(C#N)cc3)s2)cc1. The van der Waals surface area contributed by atoms with E-state index in [9.17, 15) is 4.79 Å². The van der Waals surface area contributed by atoms with Crippen LogP contribution >= 0.6 is 23.1 Å². The van der Waals surface area contributed by atoms with E-state index in [1.807, 2.05) is 36.4 Å². The lowest BCUT2D eigenvalue weighted by molar-refractivity contribution is -0.111. The van der Waals surface area contributed by atoms with Crippen LogP contribution in [0.3, 0.4) is 0 Å². The van der Waals surface area contributed by atoms with Crippen molar-refractivity contribution in [2.45, 2.75) is 10.1 Å². The van der Waals surface area contributed by atoms with E-state index in [-0.39, 0.29) is 5.91 Å². The number of carbonyl (C=O) groups is 1. The van der Waals surface area contributed by atoms with Crippen molar-refractivity contribution in [3.05, 3.63) is 71.3 Å². The summed E-state index contributed by atoms with van der Waals surface area (Å²) in [5, 5.41) is 20.1. The van der Waals surface area contributed by atoms with Gasteiger partial charge in [0.15, 0.2) is 4.34 Å². The summed E-state index contributed by atoms with van der Waals surface area (Å²) in [6, 6.07) is 16.9. The van der Waals surface area contributed by atoms with Gasteiger partial charge in [-0.2, -0.15) is 5.26 Å². The van der Waals surface area contributed by atoms with Crippen molar-refractivity contribution in [2.75, 3.05) is 12.4 Å². The number of methoxy groups -OCH3 is 1. The van der Waals surface area contributed by atoms with Crippen molar-refractivity contribution in [1.29, 1.82) is 5.26 Å². The number of carbonyl (C=O) groups excluding carboxylic acids is 1. The summed E-state index contributed by atoms with van der Waals surface area (Å²) < 4.78 is 5.87. The zero-order valence-electron chi connectivity index (χ0n) is 15.0. The Bertz CT molecular complexity index is 1010. The van der Waals surface area contributed by atoms with Crippen LogP contribution in [-0.4, -0.2) is 23.2 Å². The van der Waals surface area contributed by atoms with Gasteiger partial charge in [0.05, 0.1) is 18.7 Å². The number of benzene rings is 2. The molecule has 0 radical (unpaired) electrons. The van der Waals surface area contributed by atoms with Gasteiger partial charge in [-0.05, 0) is 41.5 Å². The Hall–Kier alpha value is -3.15. The number of hydrogen-bond acceptors (Lipinski definition) is 7. The Morgan fingerprint density at radius 1 is 1.21 bits per heavy atom. The average molecular weight is 409 g/mol. The molecule has 0 saturated heterocycles. The molecule has 1 heterocycles. The fraction of sp³-hybridized carbons (Fsp3) is 0.100. The van der Waals surface area contributed by atoms with Crippen LogP contribution in [0.15, 0.2) is 58.9 Å². The number of nitrogens with one attached hydrogen (secondary N) is 1. The maximum absolute atomic E-state index is 12.0. The molecule has 1 N–H and O–H groups in total. The molecule has 0 aliphatic rings. The number of amides is 1. The quantitative estimate of drug-likeness (QED) is 0.355. The summed E-state index contributed by atoms with van der Waals surface area (Å²) in [6.45, 7) is 0. The molecule has 6 nitrogen and oxygen atoms in total. The first-order chi connectivity index (χ1) is 13.7. The average Bonchev–Trinajstić information content (AvgIpc) is 3.18. The van der Waals surface area contributed by atoms with E-state index in [1.165, 1.54) is 29.2 Å². The normalized spacial score (nSPS) is 10.6. The first-order valence-electron chi connectivity index (χ1n) is 8.25. The Labute approximate surface area is 170 Å². The Kier molecular flexibility index (Phi) is 6.78. The van der Waals surface area contributed by atoms with Gasteiger partial charge in [-0.3, -0.25) is 10.1 Å².